The van der Waals surface area contributed by atoms with E-state index in [4.69, 9.17) is 0 Å². The second kappa shape index (κ2) is 10.6. The first-order valence-electron chi connectivity index (χ1n) is 11.9. The highest BCUT2D eigenvalue weighted by atomic mass is 19.4. The number of likely N-dealkylation sites (tertiary alicyclic amines) is 2. The average molecular weight is 480 g/mol. The van der Waals surface area contributed by atoms with Gasteiger partial charge in [0.05, 0.1) is 17.3 Å². The number of nitrogens with zero attached hydrogens (tertiary/aromatic N) is 5. The van der Waals surface area contributed by atoms with E-state index in [-0.39, 0.29) is 17.4 Å². The maximum Gasteiger partial charge on any atom is 0.419 e. The summed E-state index contributed by atoms with van der Waals surface area (Å²) in [6, 6.07) is 3.49. The normalized spacial score (nSPS) is 18.4. The Bertz CT molecular complexity index is 970. The predicted molar refractivity (Wildman–Crippen MR) is 124 cm³/mol. The zero-order chi connectivity index (χ0) is 24.1. The number of alkyl halides is 3. The molecule has 11 heteroatoms. The fraction of sp³-hybridized carbons (Fsp3) is 0.609. The van der Waals surface area contributed by atoms with Crippen molar-refractivity contribution in [1.82, 2.24) is 24.6 Å². The van der Waals surface area contributed by atoms with Crippen LogP contribution in [0, 0.1) is 0 Å². The van der Waals surface area contributed by atoms with E-state index in [1.807, 2.05) is 10.9 Å². The molecule has 2 aromatic heterocycles. The second-order valence-corrected chi connectivity index (χ2v) is 9.07. The van der Waals surface area contributed by atoms with Crippen molar-refractivity contribution in [2.24, 2.45) is 0 Å². The van der Waals surface area contributed by atoms with Crippen molar-refractivity contribution >= 4 is 23.2 Å². The molecule has 2 aliphatic rings. The molecule has 2 aliphatic heterocycles. The zero-order valence-corrected chi connectivity index (χ0v) is 19.4. The van der Waals surface area contributed by atoms with Crippen LogP contribution in [0.2, 0.25) is 0 Å². The SMILES string of the molecule is CN1CCC(n2ccc(Nc3cc(NCCCN4CCCCC4=O)c(C(F)(F)F)cn3)n2)CC1. The van der Waals surface area contributed by atoms with Gasteiger partial charge in [0.25, 0.3) is 0 Å². The van der Waals surface area contributed by atoms with Gasteiger partial charge in [-0.15, -0.1) is 0 Å². The van der Waals surface area contributed by atoms with E-state index in [1.54, 1.807) is 11.0 Å². The summed E-state index contributed by atoms with van der Waals surface area (Å²) in [5.74, 6) is 0.952. The molecule has 0 unspecified atom stereocenters. The minimum Gasteiger partial charge on any atom is -0.384 e. The second-order valence-electron chi connectivity index (χ2n) is 9.07. The van der Waals surface area contributed by atoms with Gasteiger partial charge in [0.1, 0.15) is 5.82 Å². The fourth-order valence-electron chi connectivity index (χ4n) is 4.49. The fourth-order valence-corrected chi connectivity index (χ4v) is 4.49. The number of amides is 1. The maximum absolute atomic E-state index is 13.5. The quantitative estimate of drug-likeness (QED) is 0.555. The van der Waals surface area contributed by atoms with E-state index in [0.717, 1.165) is 51.5 Å². The van der Waals surface area contributed by atoms with Crippen LogP contribution in [0.1, 0.15) is 50.1 Å². The molecule has 0 aliphatic carbocycles. The Hall–Kier alpha value is -2.82. The van der Waals surface area contributed by atoms with E-state index in [1.165, 1.54) is 6.07 Å². The van der Waals surface area contributed by atoms with Crippen LogP contribution in [0.25, 0.3) is 0 Å². The van der Waals surface area contributed by atoms with Crippen LogP contribution in [-0.4, -0.2) is 70.2 Å². The van der Waals surface area contributed by atoms with Gasteiger partial charge in [0.2, 0.25) is 5.91 Å². The molecule has 0 radical (unpaired) electrons. The number of carbonyl (C=O) groups is 1. The Morgan fingerprint density at radius 2 is 1.94 bits per heavy atom. The summed E-state index contributed by atoms with van der Waals surface area (Å²) in [6.07, 6.45) is 3.23. The van der Waals surface area contributed by atoms with Crippen molar-refractivity contribution in [3.8, 4) is 0 Å². The summed E-state index contributed by atoms with van der Waals surface area (Å²) in [4.78, 5) is 19.9. The molecule has 0 saturated carbocycles. The molecule has 0 atom stereocenters. The number of pyridine rings is 1. The molecule has 2 aromatic rings. The Balaban J connectivity index is 1.38. The van der Waals surface area contributed by atoms with E-state index in [2.05, 4.69) is 32.7 Å². The molecule has 0 aromatic carbocycles. The largest absolute Gasteiger partial charge is 0.419 e. The van der Waals surface area contributed by atoms with Gasteiger partial charge in [0, 0.05) is 50.6 Å². The first kappa shape index (κ1) is 24.3. The predicted octanol–water partition coefficient (Wildman–Crippen LogP) is 4.12. The highest BCUT2D eigenvalue weighted by molar-refractivity contribution is 5.76. The standard InChI is InChI=1S/C23H32F3N7O/c1-31-12-6-17(7-13-31)33-14-8-20(30-33)29-21-15-19(18(16-28-21)23(24,25)26)27-9-4-11-32-10-3-2-5-22(32)34/h8,14-17H,2-7,9-13H2,1H3,(H2,27,28,29,30). The number of hydrogen-bond acceptors (Lipinski definition) is 6. The Morgan fingerprint density at radius 1 is 1.15 bits per heavy atom. The molecule has 34 heavy (non-hydrogen) atoms. The number of halogens is 3. The van der Waals surface area contributed by atoms with Gasteiger partial charge < -0.3 is 20.4 Å². The van der Waals surface area contributed by atoms with Gasteiger partial charge in [-0.05, 0) is 52.2 Å². The molecule has 1 amide bonds. The molecule has 2 fully saturated rings. The third-order valence-electron chi connectivity index (χ3n) is 6.48. The lowest BCUT2D eigenvalue weighted by Gasteiger charge is -2.28. The molecule has 8 nitrogen and oxygen atoms in total. The van der Waals surface area contributed by atoms with Gasteiger partial charge >= 0.3 is 6.18 Å². The van der Waals surface area contributed by atoms with Crippen LogP contribution in [-0.2, 0) is 11.0 Å². The van der Waals surface area contributed by atoms with E-state index in [9.17, 15) is 18.0 Å². The van der Waals surface area contributed by atoms with Gasteiger partial charge in [-0.1, -0.05) is 0 Å². The van der Waals surface area contributed by atoms with Crippen LogP contribution in [0.4, 0.5) is 30.5 Å². The summed E-state index contributed by atoms with van der Waals surface area (Å²) >= 11 is 0. The monoisotopic (exact) mass is 479 g/mol. The minimum atomic E-state index is -4.52. The number of hydrogen-bond donors (Lipinski definition) is 2. The number of piperidine rings is 2. The first-order valence-corrected chi connectivity index (χ1v) is 11.9. The average Bonchev–Trinajstić information content (AvgIpc) is 3.26. The van der Waals surface area contributed by atoms with Crippen molar-refractivity contribution in [2.75, 3.05) is 50.4 Å². The maximum atomic E-state index is 13.5. The van der Waals surface area contributed by atoms with Gasteiger partial charge in [-0.2, -0.15) is 18.3 Å². The van der Waals surface area contributed by atoms with Gasteiger partial charge in [-0.3, -0.25) is 9.48 Å². The summed E-state index contributed by atoms with van der Waals surface area (Å²) in [7, 11) is 2.10. The number of aromatic nitrogens is 3. The van der Waals surface area contributed by atoms with Crippen molar-refractivity contribution in [2.45, 2.75) is 50.7 Å². The zero-order valence-electron chi connectivity index (χ0n) is 19.4. The highest BCUT2D eigenvalue weighted by Gasteiger charge is 2.34. The summed E-state index contributed by atoms with van der Waals surface area (Å²) in [5, 5.41) is 10.5. The van der Waals surface area contributed by atoms with Crippen LogP contribution in [0.5, 0.6) is 0 Å². The number of anilines is 3. The van der Waals surface area contributed by atoms with E-state index >= 15 is 0 Å². The molecule has 0 bridgehead atoms. The van der Waals surface area contributed by atoms with Crippen molar-refractivity contribution in [3.63, 3.8) is 0 Å². The third kappa shape index (κ3) is 6.19. The van der Waals surface area contributed by atoms with Crippen LogP contribution in [0.3, 0.4) is 0 Å². The number of rotatable bonds is 8. The highest BCUT2D eigenvalue weighted by Crippen LogP contribution is 2.35. The van der Waals surface area contributed by atoms with Crippen LogP contribution in [0.15, 0.2) is 24.5 Å². The molecule has 2 N–H and O–H groups in total. The minimum absolute atomic E-state index is 0.0373. The molecular weight excluding hydrogens is 447 g/mol. The topological polar surface area (TPSA) is 78.3 Å². The molecule has 4 heterocycles. The Kier molecular flexibility index (Phi) is 7.60. The lowest BCUT2D eigenvalue weighted by atomic mass is 10.1. The van der Waals surface area contributed by atoms with E-state index < -0.39 is 11.7 Å². The number of carbonyl (C=O) groups excluding carboxylic acids is 1. The lowest BCUT2D eigenvalue weighted by Crippen LogP contribution is -2.36. The van der Waals surface area contributed by atoms with Crippen molar-refractivity contribution in [1.29, 1.82) is 0 Å². The molecule has 2 saturated heterocycles. The molecular formula is C23H32F3N7O. The lowest BCUT2D eigenvalue weighted by molar-refractivity contribution is -0.137. The Morgan fingerprint density at radius 3 is 2.68 bits per heavy atom. The van der Waals surface area contributed by atoms with Crippen molar-refractivity contribution in [3.05, 3.63) is 30.1 Å². The molecule has 0 spiro atoms. The van der Waals surface area contributed by atoms with Crippen molar-refractivity contribution < 1.29 is 18.0 Å². The number of nitrogens with one attached hydrogen (secondary N) is 2. The smallest absolute Gasteiger partial charge is 0.384 e. The molecule has 4 rings (SSSR count). The first-order chi connectivity index (χ1) is 16.3. The third-order valence-corrected chi connectivity index (χ3v) is 6.48. The van der Waals surface area contributed by atoms with E-state index in [0.29, 0.717) is 37.8 Å². The Labute approximate surface area is 197 Å². The molecule has 186 valence electrons. The summed E-state index contributed by atoms with van der Waals surface area (Å²) in [6.45, 7) is 3.60. The van der Waals surface area contributed by atoms with Gasteiger partial charge in [-0.25, -0.2) is 4.98 Å². The van der Waals surface area contributed by atoms with Crippen LogP contribution < -0.4 is 10.6 Å². The summed E-state index contributed by atoms with van der Waals surface area (Å²) < 4.78 is 42.5. The van der Waals surface area contributed by atoms with Gasteiger partial charge in [0.15, 0.2) is 5.82 Å². The van der Waals surface area contributed by atoms with Crippen LogP contribution >= 0.6 is 0 Å². The summed E-state index contributed by atoms with van der Waals surface area (Å²) in [5.41, 5.74) is -0.853.